The molecule has 0 radical (unpaired) electrons. The number of nitrogens with zero attached hydrogens (tertiary/aromatic N) is 2. The van der Waals surface area contributed by atoms with Gasteiger partial charge in [-0.2, -0.15) is 4.31 Å². The van der Waals surface area contributed by atoms with Crippen molar-refractivity contribution in [1.82, 2.24) is 8.87 Å². The van der Waals surface area contributed by atoms with Gasteiger partial charge in [-0.1, -0.05) is 18.2 Å². The number of hydrogen-bond acceptors (Lipinski definition) is 5. The van der Waals surface area contributed by atoms with Gasteiger partial charge in [0.25, 0.3) is 0 Å². The number of hydrogen-bond donors (Lipinski definition) is 1. The molecule has 4 aromatic rings. The summed E-state index contributed by atoms with van der Waals surface area (Å²) in [4.78, 5) is 13.3. The van der Waals surface area contributed by atoms with Crippen LogP contribution in [0, 0.1) is 5.92 Å². The van der Waals surface area contributed by atoms with Crippen molar-refractivity contribution in [1.29, 1.82) is 0 Å². The van der Waals surface area contributed by atoms with Gasteiger partial charge in [0.1, 0.15) is 13.2 Å². The van der Waals surface area contributed by atoms with E-state index in [0.29, 0.717) is 37.6 Å². The highest BCUT2D eigenvalue weighted by atomic mass is 32.2. The van der Waals surface area contributed by atoms with Crippen LogP contribution in [-0.4, -0.2) is 49.5 Å². The minimum Gasteiger partial charge on any atom is -0.486 e. The lowest BCUT2D eigenvalue weighted by Crippen LogP contribution is -2.41. The molecule has 0 atom stereocenters. The maximum absolute atomic E-state index is 13.2. The number of nitrogens with one attached hydrogen (secondary N) is 1. The van der Waals surface area contributed by atoms with Crippen LogP contribution in [0.1, 0.15) is 19.8 Å². The highest BCUT2D eigenvalue weighted by molar-refractivity contribution is 7.89. The van der Waals surface area contributed by atoms with E-state index in [1.807, 2.05) is 24.3 Å². The van der Waals surface area contributed by atoms with Crippen molar-refractivity contribution < 1.29 is 22.7 Å². The number of carbonyl (C=O) groups is 1. The fourth-order valence-corrected chi connectivity index (χ4v) is 6.89. The third-order valence-electron chi connectivity index (χ3n) is 7.33. The standard InChI is InChI=1S/C28H29N3O5S/c1-2-31-24-6-4-3-5-22(24)23-17-20(7-9-25(23)31)29-28(32)19-11-13-30(14-12-19)37(33,34)21-8-10-26-27(18-21)36-16-15-35-26/h3-10,17-19H,2,11-16H2,1H3,(H,29,32). The van der Waals surface area contributed by atoms with E-state index in [1.165, 1.54) is 15.9 Å². The van der Waals surface area contributed by atoms with E-state index in [1.54, 1.807) is 12.1 Å². The number of anilines is 1. The fraction of sp³-hybridized carbons (Fsp3) is 0.321. The number of fused-ring (bicyclic) bond motifs is 4. The third-order valence-corrected chi connectivity index (χ3v) is 9.23. The van der Waals surface area contributed by atoms with Crippen LogP contribution in [0.15, 0.2) is 65.6 Å². The number of rotatable bonds is 5. The molecule has 0 spiro atoms. The molecule has 1 aromatic heterocycles. The molecular formula is C28H29N3O5S. The predicted molar refractivity (Wildman–Crippen MR) is 143 cm³/mol. The molecule has 3 heterocycles. The van der Waals surface area contributed by atoms with Gasteiger partial charge < -0.3 is 19.4 Å². The number of carbonyl (C=O) groups excluding carboxylic acids is 1. The van der Waals surface area contributed by atoms with Crippen LogP contribution in [0.5, 0.6) is 11.5 Å². The fourth-order valence-electron chi connectivity index (χ4n) is 5.41. The Bertz CT molecular complexity index is 1600. The summed E-state index contributed by atoms with van der Waals surface area (Å²) in [7, 11) is -3.69. The first-order chi connectivity index (χ1) is 18.0. The number of aromatic nitrogens is 1. The van der Waals surface area contributed by atoms with Crippen molar-refractivity contribution in [2.24, 2.45) is 5.92 Å². The molecule has 1 saturated heterocycles. The molecule has 192 valence electrons. The molecule has 37 heavy (non-hydrogen) atoms. The van der Waals surface area contributed by atoms with Crippen LogP contribution in [0.3, 0.4) is 0 Å². The topological polar surface area (TPSA) is 89.9 Å². The van der Waals surface area contributed by atoms with Crippen molar-refractivity contribution in [3.63, 3.8) is 0 Å². The molecule has 1 amide bonds. The number of amides is 1. The number of aryl methyl sites for hydroxylation is 1. The summed E-state index contributed by atoms with van der Waals surface area (Å²) in [5.74, 6) is 0.674. The second kappa shape index (κ2) is 9.39. The Labute approximate surface area is 215 Å². The summed E-state index contributed by atoms with van der Waals surface area (Å²) in [5, 5.41) is 5.34. The van der Waals surface area contributed by atoms with Crippen LogP contribution >= 0.6 is 0 Å². The number of ether oxygens (including phenoxy) is 2. The van der Waals surface area contributed by atoms with Gasteiger partial charge in [-0.25, -0.2) is 8.42 Å². The molecule has 6 rings (SSSR count). The van der Waals surface area contributed by atoms with Gasteiger partial charge in [-0.15, -0.1) is 0 Å². The molecule has 0 unspecified atom stereocenters. The highest BCUT2D eigenvalue weighted by Gasteiger charge is 2.33. The summed E-state index contributed by atoms with van der Waals surface area (Å²) in [6.45, 7) is 4.41. The van der Waals surface area contributed by atoms with Gasteiger partial charge in [0.05, 0.1) is 4.90 Å². The zero-order valence-electron chi connectivity index (χ0n) is 20.6. The Kier molecular flexibility index (Phi) is 6.04. The summed E-state index contributed by atoms with van der Waals surface area (Å²) in [6, 6.07) is 19.0. The van der Waals surface area contributed by atoms with E-state index < -0.39 is 10.0 Å². The summed E-state index contributed by atoms with van der Waals surface area (Å²) >= 11 is 0. The second-order valence-corrected chi connectivity index (χ2v) is 11.4. The normalized spacial score (nSPS) is 16.8. The molecule has 2 aliphatic heterocycles. The van der Waals surface area contributed by atoms with Crippen molar-refractivity contribution in [2.75, 3.05) is 31.6 Å². The molecule has 2 aliphatic rings. The van der Waals surface area contributed by atoms with E-state index in [9.17, 15) is 13.2 Å². The average molecular weight is 520 g/mol. The summed E-state index contributed by atoms with van der Waals surface area (Å²) in [5.41, 5.74) is 3.07. The highest BCUT2D eigenvalue weighted by Crippen LogP contribution is 2.35. The van der Waals surface area contributed by atoms with Gasteiger partial charge in [0, 0.05) is 59.1 Å². The molecule has 1 fully saturated rings. The van der Waals surface area contributed by atoms with Crippen molar-refractivity contribution in [2.45, 2.75) is 31.2 Å². The zero-order chi connectivity index (χ0) is 25.6. The van der Waals surface area contributed by atoms with Crippen molar-refractivity contribution in [3.05, 3.63) is 60.7 Å². The van der Waals surface area contributed by atoms with Gasteiger partial charge in [-0.3, -0.25) is 4.79 Å². The van der Waals surface area contributed by atoms with E-state index in [4.69, 9.17) is 9.47 Å². The third kappa shape index (κ3) is 4.22. The average Bonchev–Trinajstić information content (AvgIpc) is 3.25. The van der Waals surface area contributed by atoms with Gasteiger partial charge in [0.2, 0.25) is 15.9 Å². The van der Waals surface area contributed by atoms with E-state index in [0.717, 1.165) is 28.5 Å². The lowest BCUT2D eigenvalue weighted by atomic mass is 9.97. The molecule has 0 aliphatic carbocycles. The number of benzene rings is 3. The van der Waals surface area contributed by atoms with Gasteiger partial charge >= 0.3 is 0 Å². The van der Waals surface area contributed by atoms with Crippen LogP contribution in [0.4, 0.5) is 5.69 Å². The minimum absolute atomic E-state index is 0.0741. The predicted octanol–water partition coefficient (Wildman–Crippen LogP) is 4.63. The van der Waals surface area contributed by atoms with Crippen LogP contribution in [-0.2, 0) is 21.4 Å². The van der Waals surface area contributed by atoms with Crippen LogP contribution < -0.4 is 14.8 Å². The Balaban J connectivity index is 1.15. The smallest absolute Gasteiger partial charge is 0.243 e. The SMILES string of the molecule is CCn1c2ccccc2c2cc(NC(=O)C3CCN(S(=O)(=O)c4ccc5c(c4)OCCO5)CC3)ccc21. The number of sulfonamides is 1. The first-order valence-electron chi connectivity index (χ1n) is 12.7. The first-order valence-corrected chi connectivity index (χ1v) is 14.1. The molecule has 8 nitrogen and oxygen atoms in total. The van der Waals surface area contributed by atoms with Crippen molar-refractivity contribution in [3.8, 4) is 11.5 Å². The van der Waals surface area contributed by atoms with E-state index in [2.05, 4.69) is 35.0 Å². The Morgan fingerprint density at radius 1 is 0.919 bits per heavy atom. The Hall–Kier alpha value is -3.56. The Morgan fingerprint density at radius 3 is 2.43 bits per heavy atom. The van der Waals surface area contributed by atoms with Gasteiger partial charge in [0.15, 0.2) is 11.5 Å². The zero-order valence-corrected chi connectivity index (χ0v) is 21.5. The molecular weight excluding hydrogens is 490 g/mol. The second-order valence-electron chi connectivity index (χ2n) is 9.47. The number of para-hydroxylation sites is 1. The van der Waals surface area contributed by atoms with Crippen LogP contribution in [0.2, 0.25) is 0 Å². The van der Waals surface area contributed by atoms with Crippen molar-refractivity contribution >= 4 is 43.4 Å². The molecule has 0 saturated carbocycles. The molecule has 1 N–H and O–H groups in total. The summed E-state index contributed by atoms with van der Waals surface area (Å²) < 4.78 is 41.2. The summed E-state index contributed by atoms with van der Waals surface area (Å²) in [6.07, 6.45) is 0.931. The lowest BCUT2D eigenvalue weighted by molar-refractivity contribution is -0.120. The number of piperidine rings is 1. The van der Waals surface area contributed by atoms with E-state index >= 15 is 0 Å². The molecule has 9 heteroatoms. The molecule has 3 aromatic carbocycles. The monoisotopic (exact) mass is 519 g/mol. The van der Waals surface area contributed by atoms with Crippen LogP contribution in [0.25, 0.3) is 21.8 Å². The van der Waals surface area contributed by atoms with E-state index in [-0.39, 0.29) is 29.8 Å². The maximum atomic E-state index is 13.2. The largest absolute Gasteiger partial charge is 0.486 e. The Morgan fingerprint density at radius 2 is 1.65 bits per heavy atom. The lowest BCUT2D eigenvalue weighted by Gasteiger charge is -2.31. The maximum Gasteiger partial charge on any atom is 0.243 e. The van der Waals surface area contributed by atoms with Gasteiger partial charge in [-0.05, 0) is 56.2 Å². The first kappa shape index (κ1) is 23.8. The minimum atomic E-state index is -3.69. The quantitative estimate of drug-likeness (QED) is 0.415. The molecule has 0 bridgehead atoms.